The molecule has 5 nitrogen and oxygen atoms in total. The molecule has 1 rings (SSSR count). The molecule has 96 valence electrons. The fourth-order valence-corrected chi connectivity index (χ4v) is 2.33. The third-order valence-electron chi connectivity index (χ3n) is 2.46. The summed E-state index contributed by atoms with van der Waals surface area (Å²) in [4.78, 5) is 4.15. The third kappa shape index (κ3) is 2.76. The van der Waals surface area contributed by atoms with Crippen LogP contribution in [0.1, 0.15) is 25.3 Å². The van der Waals surface area contributed by atoms with Crippen molar-refractivity contribution in [2.75, 3.05) is 21.2 Å². The highest BCUT2D eigenvalue weighted by atomic mass is 32.2. The zero-order valence-corrected chi connectivity index (χ0v) is 11.6. The molecule has 0 amide bonds. The van der Waals surface area contributed by atoms with Gasteiger partial charge in [-0.25, -0.2) is 17.7 Å². The Morgan fingerprint density at radius 1 is 1.35 bits per heavy atom. The molecule has 0 aliphatic rings. The van der Waals surface area contributed by atoms with E-state index in [2.05, 4.69) is 4.98 Å². The number of methoxy groups -OCH3 is 1. The van der Waals surface area contributed by atoms with E-state index in [4.69, 9.17) is 4.74 Å². The van der Waals surface area contributed by atoms with Gasteiger partial charge in [0, 0.05) is 20.3 Å². The number of aromatic nitrogens is 1. The molecule has 0 bridgehead atoms. The molecule has 1 heterocycles. The maximum atomic E-state index is 12.1. The van der Waals surface area contributed by atoms with Gasteiger partial charge in [-0.15, -0.1) is 0 Å². The quantitative estimate of drug-likeness (QED) is 0.820. The SMILES string of the molecule is COc1ncc(C(C)C)cc1S(=O)(=O)N(C)C. The van der Waals surface area contributed by atoms with Gasteiger partial charge in [0.15, 0.2) is 0 Å². The number of ether oxygens (including phenoxy) is 1. The summed E-state index contributed by atoms with van der Waals surface area (Å²) < 4.78 is 30.3. The summed E-state index contributed by atoms with van der Waals surface area (Å²) in [5.74, 6) is 0.340. The molecule has 0 saturated carbocycles. The summed E-state index contributed by atoms with van der Waals surface area (Å²) >= 11 is 0. The maximum absolute atomic E-state index is 12.1. The highest BCUT2D eigenvalue weighted by Crippen LogP contribution is 2.26. The molecule has 6 heteroatoms. The van der Waals surface area contributed by atoms with Crippen molar-refractivity contribution in [3.05, 3.63) is 17.8 Å². The zero-order chi connectivity index (χ0) is 13.2. The van der Waals surface area contributed by atoms with Gasteiger partial charge in [0.1, 0.15) is 4.90 Å². The van der Waals surface area contributed by atoms with Gasteiger partial charge in [0.05, 0.1) is 7.11 Å². The van der Waals surface area contributed by atoms with Crippen molar-refractivity contribution in [3.8, 4) is 5.88 Å². The lowest BCUT2D eigenvalue weighted by Gasteiger charge is -2.15. The Morgan fingerprint density at radius 3 is 2.35 bits per heavy atom. The fraction of sp³-hybridized carbons (Fsp3) is 0.545. The average Bonchev–Trinajstić information content (AvgIpc) is 2.27. The molecule has 17 heavy (non-hydrogen) atoms. The Hall–Kier alpha value is -1.14. The van der Waals surface area contributed by atoms with Crippen molar-refractivity contribution in [1.82, 2.24) is 9.29 Å². The first-order valence-electron chi connectivity index (χ1n) is 5.27. The summed E-state index contributed by atoms with van der Waals surface area (Å²) in [6, 6.07) is 1.62. The van der Waals surface area contributed by atoms with Gasteiger partial charge in [-0.1, -0.05) is 13.8 Å². The molecule has 0 spiro atoms. The monoisotopic (exact) mass is 258 g/mol. The average molecular weight is 258 g/mol. The summed E-state index contributed by atoms with van der Waals surface area (Å²) in [6.07, 6.45) is 1.64. The zero-order valence-electron chi connectivity index (χ0n) is 10.8. The smallest absolute Gasteiger partial charge is 0.247 e. The second-order valence-corrected chi connectivity index (χ2v) is 6.34. The predicted octanol–water partition coefficient (Wildman–Crippen LogP) is 1.46. The lowest BCUT2D eigenvalue weighted by Crippen LogP contribution is -2.23. The van der Waals surface area contributed by atoms with Crippen molar-refractivity contribution < 1.29 is 13.2 Å². The Bertz CT molecular complexity index is 495. The van der Waals surface area contributed by atoms with E-state index in [1.807, 2.05) is 13.8 Å². The molecular formula is C11H18N2O3S. The summed E-state index contributed by atoms with van der Waals surface area (Å²) in [7, 11) is 0.845. The van der Waals surface area contributed by atoms with Gasteiger partial charge in [-0.2, -0.15) is 0 Å². The Kier molecular flexibility index (Phi) is 4.11. The van der Waals surface area contributed by atoms with Crippen LogP contribution >= 0.6 is 0 Å². The molecule has 0 fully saturated rings. The second kappa shape index (κ2) is 5.01. The molecular weight excluding hydrogens is 240 g/mol. The van der Waals surface area contributed by atoms with Crippen LogP contribution < -0.4 is 4.74 Å². The van der Waals surface area contributed by atoms with Gasteiger partial charge in [0.25, 0.3) is 0 Å². The van der Waals surface area contributed by atoms with E-state index in [0.29, 0.717) is 0 Å². The van der Waals surface area contributed by atoms with Crippen LogP contribution in [0.25, 0.3) is 0 Å². The van der Waals surface area contributed by atoms with Crippen LogP contribution in [0.2, 0.25) is 0 Å². The van der Waals surface area contributed by atoms with E-state index in [-0.39, 0.29) is 16.7 Å². The molecule has 1 aromatic rings. The molecule has 1 aromatic heterocycles. The number of nitrogens with zero attached hydrogens (tertiary/aromatic N) is 2. The Labute approximate surface area is 102 Å². The lowest BCUT2D eigenvalue weighted by atomic mass is 10.1. The van der Waals surface area contributed by atoms with Crippen LogP contribution in [0.5, 0.6) is 5.88 Å². The largest absolute Gasteiger partial charge is 0.480 e. The lowest BCUT2D eigenvalue weighted by molar-refractivity contribution is 0.382. The van der Waals surface area contributed by atoms with Crippen LogP contribution in [0.4, 0.5) is 0 Å². The predicted molar refractivity (Wildman–Crippen MR) is 65.8 cm³/mol. The number of pyridine rings is 1. The summed E-state index contributed by atoms with van der Waals surface area (Å²) in [5.41, 5.74) is 0.867. The summed E-state index contributed by atoms with van der Waals surface area (Å²) in [5, 5.41) is 0. The number of rotatable bonds is 4. The first kappa shape index (κ1) is 13.9. The van der Waals surface area contributed by atoms with Crippen LogP contribution in [-0.2, 0) is 10.0 Å². The van der Waals surface area contributed by atoms with Crippen molar-refractivity contribution in [1.29, 1.82) is 0 Å². The molecule has 0 aromatic carbocycles. The highest BCUT2D eigenvalue weighted by Gasteiger charge is 2.24. The van der Waals surface area contributed by atoms with Crippen LogP contribution in [0, 0.1) is 0 Å². The molecule has 0 aliphatic heterocycles. The number of hydrogen-bond acceptors (Lipinski definition) is 4. The minimum Gasteiger partial charge on any atom is -0.480 e. The van der Waals surface area contributed by atoms with Crippen molar-refractivity contribution in [2.45, 2.75) is 24.7 Å². The van der Waals surface area contributed by atoms with Crippen LogP contribution in [-0.4, -0.2) is 38.9 Å². The van der Waals surface area contributed by atoms with E-state index in [9.17, 15) is 8.42 Å². The molecule has 0 radical (unpaired) electrons. The Morgan fingerprint density at radius 2 is 1.94 bits per heavy atom. The molecule has 0 saturated heterocycles. The molecule has 0 N–H and O–H groups in total. The minimum absolute atomic E-state index is 0.108. The Balaban J connectivity index is 3.44. The minimum atomic E-state index is -3.53. The number of hydrogen-bond donors (Lipinski definition) is 0. The molecule has 0 aliphatic carbocycles. The third-order valence-corrected chi connectivity index (χ3v) is 4.27. The maximum Gasteiger partial charge on any atom is 0.247 e. The number of sulfonamides is 1. The molecule has 0 unspecified atom stereocenters. The van der Waals surface area contributed by atoms with Crippen molar-refractivity contribution >= 4 is 10.0 Å². The van der Waals surface area contributed by atoms with E-state index < -0.39 is 10.0 Å². The first-order chi connectivity index (χ1) is 7.80. The van der Waals surface area contributed by atoms with E-state index in [1.165, 1.54) is 21.2 Å². The van der Waals surface area contributed by atoms with Crippen LogP contribution in [0.3, 0.4) is 0 Å². The van der Waals surface area contributed by atoms with Crippen molar-refractivity contribution in [2.24, 2.45) is 0 Å². The van der Waals surface area contributed by atoms with Gasteiger partial charge in [-0.05, 0) is 17.5 Å². The fourth-order valence-electron chi connectivity index (χ4n) is 1.30. The first-order valence-corrected chi connectivity index (χ1v) is 6.71. The van der Waals surface area contributed by atoms with Gasteiger partial charge in [0.2, 0.25) is 15.9 Å². The van der Waals surface area contributed by atoms with Crippen LogP contribution in [0.15, 0.2) is 17.2 Å². The van der Waals surface area contributed by atoms with Crippen molar-refractivity contribution in [3.63, 3.8) is 0 Å². The second-order valence-electron chi connectivity index (χ2n) is 4.22. The van der Waals surface area contributed by atoms with Gasteiger partial charge < -0.3 is 4.74 Å². The topological polar surface area (TPSA) is 59.5 Å². The highest BCUT2D eigenvalue weighted by molar-refractivity contribution is 7.89. The van der Waals surface area contributed by atoms with E-state index in [0.717, 1.165) is 9.87 Å². The van der Waals surface area contributed by atoms with E-state index in [1.54, 1.807) is 12.3 Å². The van der Waals surface area contributed by atoms with E-state index >= 15 is 0 Å². The standard InChI is InChI=1S/C11H18N2O3S/c1-8(2)9-6-10(11(16-5)12-7-9)17(14,15)13(3)4/h6-8H,1-5H3. The summed E-state index contributed by atoms with van der Waals surface area (Å²) in [6.45, 7) is 3.96. The van der Waals surface area contributed by atoms with Gasteiger partial charge >= 0.3 is 0 Å². The normalized spacial score (nSPS) is 12.2. The molecule has 0 atom stereocenters. The van der Waals surface area contributed by atoms with Gasteiger partial charge in [-0.3, -0.25) is 0 Å².